The molecule has 0 saturated heterocycles. The molecule has 3 rings (SSSR count). The number of benzene rings is 1. The molecule has 2 amide bonds. The van der Waals surface area contributed by atoms with Crippen molar-refractivity contribution in [2.75, 3.05) is 24.9 Å². The molecule has 144 valence electrons. The highest BCUT2D eigenvalue weighted by Crippen LogP contribution is 2.30. The first-order valence-electron chi connectivity index (χ1n) is 8.90. The number of nitrogens with zero attached hydrogens (tertiary/aromatic N) is 2. The van der Waals surface area contributed by atoms with Crippen molar-refractivity contribution < 1.29 is 19.1 Å². The number of rotatable bonds is 6. The number of anilines is 2. The summed E-state index contributed by atoms with van der Waals surface area (Å²) in [6, 6.07) is 6.66. The van der Waals surface area contributed by atoms with Crippen molar-refractivity contribution in [3.8, 4) is 11.5 Å². The third-order valence-corrected chi connectivity index (χ3v) is 4.73. The number of aryl methyl sites for hydroxylation is 1. The summed E-state index contributed by atoms with van der Waals surface area (Å²) in [7, 11) is 4.77. The van der Waals surface area contributed by atoms with E-state index in [0.717, 1.165) is 25.7 Å². The van der Waals surface area contributed by atoms with Crippen molar-refractivity contribution in [3.05, 3.63) is 30.0 Å². The minimum atomic E-state index is -0.376. The zero-order valence-electron chi connectivity index (χ0n) is 15.7. The second kappa shape index (κ2) is 8.11. The van der Waals surface area contributed by atoms with Crippen molar-refractivity contribution in [2.24, 2.45) is 13.0 Å². The van der Waals surface area contributed by atoms with E-state index < -0.39 is 0 Å². The summed E-state index contributed by atoms with van der Waals surface area (Å²) in [5, 5.41) is 9.84. The number of methoxy groups -OCH3 is 2. The van der Waals surface area contributed by atoms with E-state index in [2.05, 4.69) is 15.7 Å². The number of aromatic nitrogens is 2. The van der Waals surface area contributed by atoms with Gasteiger partial charge in [-0.05, 0) is 25.0 Å². The molecule has 0 spiro atoms. The Balaban J connectivity index is 1.69. The van der Waals surface area contributed by atoms with Gasteiger partial charge in [0.05, 0.1) is 14.2 Å². The molecule has 1 fully saturated rings. The zero-order chi connectivity index (χ0) is 19.4. The molecule has 1 heterocycles. The van der Waals surface area contributed by atoms with Crippen LogP contribution >= 0.6 is 0 Å². The molecule has 2 aromatic rings. The molecule has 1 aliphatic rings. The highest BCUT2D eigenvalue weighted by Gasteiger charge is 2.24. The van der Waals surface area contributed by atoms with Crippen LogP contribution in [0, 0.1) is 5.92 Å². The number of carbonyl (C=O) groups excluding carboxylic acids is 2. The van der Waals surface area contributed by atoms with E-state index in [1.165, 1.54) is 11.8 Å². The molecule has 1 aliphatic carbocycles. The Morgan fingerprint density at radius 3 is 2.44 bits per heavy atom. The number of hydrogen-bond donors (Lipinski definition) is 2. The van der Waals surface area contributed by atoms with Crippen LogP contribution in [-0.4, -0.2) is 35.8 Å². The molecule has 1 saturated carbocycles. The lowest BCUT2D eigenvalue weighted by molar-refractivity contribution is -0.119. The molecule has 8 nitrogen and oxygen atoms in total. The van der Waals surface area contributed by atoms with Gasteiger partial charge in [0.2, 0.25) is 5.91 Å². The second-order valence-corrected chi connectivity index (χ2v) is 6.53. The summed E-state index contributed by atoms with van der Waals surface area (Å²) in [6.07, 6.45) is 4.00. The van der Waals surface area contributed by atoms with Crippen LogP contribution in [0.15, 0.2) is 24.3 Å². The minimum absolute atomic E-state index is 0.0117. The second-order valence-electron chi connectivity index (χ2n) is 6.53. The smallest absolute Gasteiger partial charge is 0.276 e. The standard InChI is InChI=1S/C19H24N4O4/c1-23-17(21-18(24)12-6-4-5-7-12)11-14(22-23)19(25)20-13-8-9-15(26-2)16(10-13)27-3/h8-12H,4-7H2,1-3H3,(H,20,25)(H,21,24). The summed E-state index contributed by atoms with van der Waals surface area (Å²) in [5.41, 5.74) is 0.772. The fourth-order valence-electron chi connectivity index (χ4n) is 3.22. The molecule has 0 radical (unpaired) electrons. The van der Waals surface area contributed by atoms with Gasteiger partial charge in [-0.15, -0.1) is 0 Å². The fraction of sp³-hybridized carbons (Fsp3) is 0.421. The summed E-state index contributed by atoms with van der Waals surface area (Å²) >= 11 is 0. The zero-order valence-corrected chi connectivity index (χ0v) is 15.7. The predicted octanol–water partition coefficient (Wildman–Crippen LogP) is 2.82. The normalized spacial score (nSPS) is 14.0. The third-order valence-electron chi connectivity index (χ3n) is 4.73. The van der Waals surface area contributed by atoms with Gasteiger partial charge in [0.25, 0.3) is 5.91 Å². The molecular weight excluding hydrogens is 348 g/mol. The average Bonchev–Trinajstić information content (AvgIpc) is 3.32. The van der Waals surface area contributed by atoms with Crippen LogP contribution in [0.5, 0.6) is 11.5 Å². The van der Waals surface area contributed by atoms with Crippen LogP contribution in [0.2, 0.25) is 0 Å². The molecule has 0 unspecified atom stereocenters. The number of amides is 2. The largest absolute Gasteiger partial charge is 0.493 e. The van der Waals surface area contributed by atoms with Gasteiger partial charge in [-0.25, -0.2) is 0 Å². The van der Waals surface area contributed by atoms with Crippen LogP contribution in [0.4, 0.5) is 11.5 Å². The third kappa shape index (κ3) is 4.21. The van der Waals surface area contributed by atoms with Crippen LogP contribution in [0.3, 0.4) is 0 Å². The van der Waals surface area contributed by atoms with Crippen molar-refractivity contribution >= 4 is 23.3 Å². The molecule has 0 bridgehead atoms. The Bertz CT molecular complexity index is 840. The predicted molar refractivity (Wildman–Crippen MR) is 101 cm³/mol. The van der Waals surface area contributed by atoms with Gasteiger partial charge in [0.15, 0.2) is 17.2 Å². The van der Waals surface area contributed by atoms with Gasteiger partial charge in [0, 0.05) is 30.8 Å². The van der Waals surface area contributed by atoms with Crippen LogP contribution in [-0.2, 0) is 11.8 Å². The van der Waals surface area contributed by atoms with Gasteiger partial charge in [-0.1, -0.05) is 12.8 Å². The Morgan fingerprint density at radius 1 is 1.07 bits per heavy atom. The number of carbonyl (C=O) groups is 2. The van der Waals surface area contributed by atoms with E-state index in [1.807, 2.05) is 0 Å². The van der Waals surface area contributed by atoms with Crippen LogP contribution in [0.25, 0.3) is 0 Å². The molecular formula is C19H24N4O4. The molecule has 1 aromatic carbocycles. The SMILES string of the molecule is COc1ccc(NC(=O)c2cc(NC(=O)C3CCCC3)n(C)n2)cc1OC. The Hall–Kier alpha value is -3.03. The Kier molecular flexibility index (Phi) is 5.63. The van der Waals surface area contributed by atoms with E-state index in [4.69, 9.17) is 9.47 Å². The lowest BCUT2D eigenvalue weighted by Crippen LogP contribution is -2.21. The summed E-state index contributed by atoms with van der Waals surface area (Å²) < 4.78 is 11.9. The molecule has 2 N–H and O–H groups in total. The van der Waals surface area contributed by atoms with Gasteiger partial charge in [-0.3, -0.25) is 14.3 Å². The van der Waals surface area contributed by atoms with E-state index in [1.54, 1.807) is 38.4 Å². The van der Waals surface area contributed by atoms with E-state index in [0.29, 0.717) is 23.0 Å². The van der Waals surface area contributed by atoms with Gasteiger partial charge in [-0.2, -0.15) is 5.10 Å². The molecule has 1 aromatic heterocycles. The molecule has 8 heteroatoms. The number of hydrogen-bond acceptors (Lipinski definition) is 5. The first-order valence-corrected chi connectivity index (χ1v) is 8.90. The molecule has 0 atom stereocenters. The lowest BCUT2D eigenvalue weighted by Gasteiger charge is -2.10. The van der Waals surface area contributed by atoms with Crippen molar-refractivity contribution in [2.45, 2.75) is 25.7 Å². The maximum atomic E-state index is 12.5. The lowest BCUT2D eigenvalue weighted by atomic mass is 10.1. The number of nitrogens with one attached hydrogen (secondary N) is 2. The highest BCUT2D eigenvalue weighted by molar-refractivity contribution is 6.04. The Morgan fingerprint density at radius 2 is 1.78 bits per heavy atom. The molecule has 27 heavy (non-hydrogen) atoms. The first kappa shape index (κ1) is 18.8. The van der Waals surface area contributed by atoms with Gasteiger partial charge in [0.1, 0.15) is 5.82 Å². The topological polar surface area (TPSA) is 94.5 Å². The summed E-state index contributed by atoms with van der Waals surface area (Å²) in [6.45, 7) is 0. The average molecular weight is 372 g/mol. The van der Waals surface area contributed by atoms with E-state index in [-0.39, 0.29) is 23.4 Å². The number of ether oxygens (including phenoxy) is 2. The van der Waals surface area contributed by atoms with Crippen LogP contribution in [0.1, 0.15) is 36.2 Å². The van der Waals surface area contributed by atoms with Gasteiger partial charge < -0.3 is 20.1 Å². The van der Waals surface area contributed by atoms with Crippen molar-refractivity contribution in [3.63, 3.8) is 0 Å². The van der Waals surface area contributed by atoms with Crippen LogP contribution < -0.4 is 20.1 Å². The first-order chi connectivity index (χ1) is 13.0. The molecule has 0 aliphatic heterocycles. The minimum Gasteiger partial charge on any atom is -0.493 e. The van der Waals surface area contributed by atoms with Gasteiger partial charge >= 0.3 is 0 Å². The van der Waals surface area contributed by atoms with E-state index in [9.17, 15) is 9.59 Å². The maximum absolute atomic E-state index is 12.5. The van der Waals surface area contributed by atoms with E-state index >= 15 is 0 Å². The monoisotopic (exact) mass is 372 g/mol. The maximum Gasteiger partial charge on any atom is 0.276 e. The summed E-state index contributed by atoms with van der Waals surface area (Å²) in [4.78, 5) is 24.8. The highest BCUT2D eigenvalue weighted by atomic mass is 16.5. The Labute approximate surface area is 157 Å². The summed E-state index contributed by atoms with van der Waals surface area (Å²) in [5.74, 6) is 1.25. The fourth-order valence-corrected chi connectivity index (χ4v) is 3.22. The van der Waals surface area contributed by atoms with Crippen molar-refractivity contribution in [1.29, 1.82) is 0 Å². The quantitative estimate of drug-likeness (QED) is 0.813. The van der Waals surface area contributed by atoms with Crippen molar-refractivity contribution in [1.82, 2.24) is 9.78 Å².